The Morgan fingerprint density at radius 1 is 1.33 bits per heavy atom. The van der Waals surface area contributed by atoms with E-state index in [4.69, 9.17) is 11.6 Å². The van der Waals surface area contributed by atoms with Crippen molar-refractivity contribution in [2.45, 2.75) is 31.2 Å². The Kier molecular flexibility index (Phi) is 4.29. The third-order valence-electron chi connectivity index (χ3n) is 3.60. The summed E-state index contributed by atoms with van der Waals surface area (Å²) in [5.41, 5.74) is 1.93. The molecule has 1 aliphatic rings. The number of hydrogen-bond donors (Lipinski definition) is 1. The van der Waals surface area contributed by atoms with E-state index in [1.807, 2.05) is 49.9 Å². The largest absolute Gasteiger partial charge is 0.345 e. The van der Waals surface area contributed by atoms with E-state index in [0.717, 1.165) is 33.2 Å². The predicted molar refractivity (Wildman–Crippen MR) is 90.8 cm³/mol. The summed E-state index contributed by atoms with van der Waals surface area (Å²) in [6, 6.07) is 7.93. The molecule has 1 atom stereocenters. The van der Waals surface area contributed by atoms with E-state index in [-0.39, 0.29) is 11.9 Å². The van der Waals surface area contributed by atoms with Crippen LogP contribution in [-0.2, 0) is 0 Å². The van der Waals surface area contributed by atoms with Gasteiger partial charge in [0.2, 0.25) is 0 Å². The van der Waals surface area contributed by atoms with Gasteiger partial charge < -0.3 is 5.32 Å². The van der Waals surface area contributed by atoms with E-state index in [1.165, 1.54) is 9.77 Å². The number of benzene rings is 1. The standard InChI is InChI=1S/C16H16ClNOS2/c1-9-7-12(10(2)21-9)16(19)18-14-5-6-20-15-4-3-11(17)8-13(14)15/h3-4,7-8,14H,5-6H2,1-2H3,(H,18,19)/t14-/m0/s1. The highest BCUT2D eigenvalue weighted by atomic mass is 35.5. The maximum Gasteiger partial charge on any atom is 0.252 e. The normalized spacial score (nSPS) is 17.4. The van der Waals surface area contributed by atoms with Gasteiger partial charge in [0.05, 0.1) is 11.6 Å². The zero-order chi connectivity index (χ0) is 15.0. The van der Waals surface area contributed by atoms with Crippen LogP contribution >= 0.6 is 34.7 Å². The summed E-state index contributed by atoms with van der Waals surface area (Å²) in [5.74, 6) is 1.03. The number of hydrogen-bond acceptors (Lipinski definition) is 3. The lowest BCUT2D eigenvalue weighted by atomic mass is 10.0. The molecule has 2 nitrogen and oxygen atoms in total. The fourth-order valence-electron chi connectivity index (χ4n) is 2.61. The second kappa shape index (κ2) is 6.03. The molecule has 1 aromatic heterocycles. The molecule has 2 heterocycles. The fourth-order valence-corrected chi connectivity index (χ4v) is 4.81. The molecular weight excluding hydrogens is 322 g/mol. The van der Waals surface area contributed by atoms with Gasteiger partial charge in [0.25, 0.3) is 5.91 Å². The van der Waals surface area contributed by atoms with Crippen molar-refractivity contribution in [2.75, 3.05) is 5.75 Å². The molecule has 3 rings (SSSR count). The zero-order valence-corrected chi connectivity index (χ0v) is 14.3. The van der Waals surface area contributed by atoms with Gasteiger partial charge in [0.1, 0.15) is 0 Å². The Morgan fingerprint density at radius 2 is 2.14 bits per heavy atom. The Hall–Kier alpha value is -0.970. The highest BCUT2D eigenvalue weighted by Crippen LogP contribution is 2.37. The third-order valence-corrected chi connectivity index (χ3v) is 5.93. The van der Waals surface area contributed by atoms with Crippen molar-refractivity contribution < 1.29 is 4.79 Å². The third kappa shape index (κ3) is 3.12. The molecule has 0 saturated heterocycles. The number of thioether (sulfide) groups is 1. The SMILES string of the molecule is Cc1cc(C(=O)N[C@H]2CCSc3ccc(Cl)cc32)c(C)s1. The van der Waals surface area contributed by atoms with Crippen LogP contribution in [0.5, 0.6) is 0 Å². The number of fused-ring (bicyclic) bond motifs is 1. The highest BCUT2D eigenvalue weighted by molar-refractivity contribution is 7.99. The number of aryl methyl sites for hydroxylation is 2. The smallest absolute Gasteiger partial charge is 0.252 e. The van der Waals surface area contributed by atoms with Crippen molar-refractivity contribution in [1.29, 1.82) is 0 Å². The zero-order valence-electron chi connectivity index (χ0n) is 11.9. The average Bonchev–Trinajstić information content (AvgIpc) is 2.78. The summed E-state index contributed by atoms with van der Waals surface area (Å²) < 4.78 is 0. The van der Waals surface area contributed by atoms with Gasteiger partial charge in [-0.05, 0) is 50.1 Å². The molecule has 1 amide bonds. The van der Waals surface area contributed by atoms with Gasteiger partial charge in [-0.1, -0.05) is 11.6 Å². The minimum atomic E-state index is 0.0136. The number of thiophene rings is 1. The Balaban J connectivity index is 1.85. The van der Waals surface area contributed by atoms with E-state index in [9.17, 15) is 4.79 Å². The van der Waals surface area contributed by atoms with Crippen LogP contribution in [0.2, 0.25) is 5.02 Å². The first-order chi connectivity index (χ1) is 10.0. The van der Waals surface area contributed by atoms with Crippen LogP contribution in [0.3, 0.4) is 0 Å². The molecule has 0 bridgehead atoms. The minimum absolute atomic E-state index is 0.0136. The van der Waals surface area contributed by atoms with Gasteiger partial charge in [-0.25, -0.2) is 0 Å². The maximum atomic E-state index is 12.5. The van der Waals surface area contributed by atoms with Crippen LogP contribution in [0.25, 0.3) is 0 Å². The quantitative estimate of drug-likeness (QED) is 0.836. The number of halogens is 1. The van der Waals surface area contributed by atoms with Gasteiger partial charge in [0, 0.05) is 25.4 Å². The molecule has 1 aromatic carbocycles. The molecule has 0 spiro atoms. The van der Waals surface area contributed by atoms with E-state index in [0.29, 0.717) is 0 Å². The molecule has 110 valence electrons. The Morgan fingerprint density at radius 3 is 2.86 bits per heavy atom. The van der Waals surface area contributed by atoms with Crippen molar-refractivity contribution in [3.8, 4) is 0 Å². The molecule has 21 heavy (non-hydrogen) atoms. The lowest BCUT2D eigenvalue weighted by molar-refractivity contribution is 0.0935. The van der Waals surface area contributed by atoms with E-state index in [2.05, 4.69) is 5.32 Å². The van der Waals surface area contributed by atoms with Crippen molar-refractivity contribution in [2.24, 2.45) is 0 Å². The fraction of sp³-hybridized carbons (Fsp3) is 0.312. The Bertz CT molecular complexity index is 696. The summed E-state index contributed by atoms with van der Waals surface area (Å²) in [4.78, 5) is 16.0. The summed E-state index contributed by atoms with van der Waals surface area (Å²) >= 11 is 9.59. The number of carbonyl (C=O) groups is 1. The first-order valence-electron chi connectivity index (χ1n) is 6.85. The van der Waals surface area contributed by atoms with Crippen LogP contribution in [0, 0.1) is 13.8 Å². The van der Waals surface area contributed by atoms with E-state index >= 15 is 0 Å². The summed E-state index contributed by atoms with van der Waals surface area (Å²) in [6.45, 7) is 4.02. The molecule has 0 unspecified atom stereocenters. The number of rotatable bonds is 2. The maximum absolute atomic E-state index is 12.5. The molecule has 2 aromatic rings. The van der Waals surface area contributed by atoms with Gasteiger partial charge in [-0.2, -0.15) is 0 Å². The Labute approximate surface area is 137 Å². The lowest BCUT2D eigenvalue weighted by Gasteiger charge is -2.26. The average molecular weight is 338 g/mol. The minimum Gasteiger partial charge on any atom is -0.345 e. The van der Waals surface area contributed by atoms with Crippen LogP contribution in [0.15, 0.2) is 29.2 Å². The molecule has 5 heteroatoms. The van der Waals surface area contributed by atoms with Crippen molar-refractivity contribution in [3.05, 3.63) is 50.2 Å². The molecule has 1 N–H and O–H groups in total. The van der Waals surface area contributed by atoms with Crippen LogP contribution in [-0.4, -0.2) is 11.7 Å². The van der Waals surface area contributed by atoms with Crippen LogP contribution in [0.4, 0.5) is 0 Å². The second-order valence-electron chi connectivity index (χ2n) is 5.17. The van der Waals surface area contributed by atoms with Crippen molar-refractivity contribution in [1.82, 2.24) is 5.32 Å². The van der Waals surface area contributed by atoms with Crippen molar-refractivity contribution in [3.63, 3.8) is 0 Å². The monoisotopic (exact) mass is 337 g/mol. The first-order valence-corrected chi connectivity index (χ1v) is 9.03. The molecule has 0 radical (unpaired) electrons. The summed E-state index contributed by atoms with van der Waals surface area (Å²) in [5, 5.41) is 3.89. The second-order valence-corrected chi connectivity index (χ2v) is 8.21. The van der Waals surface area contributed by atoms with E-state index in [1.54, 1.807) is 11.3 Å². The molecule has 1 aliphatic heterocycles. The first kappa shape index (κ1) is 14.9. The number of nitrogens with one attached hydrogen (secondary N) is 1. The number of carbonyl (C=O) groups excluding carboxylic acids is 1. The molecular formula is C16H16ClNOS2. The highest BCUT2D eigenvalue weighted by Gasteiger charge is 2.24. The van der Waals surface area contributed by atoms with Crippen molar-refractivity contribution >= 4 is 40.6 Å². The van der Waals surface area contributed by atoms with Crippen LogP contribution in [0.1, 0.15) is 38.1 Å². The molecule has 0 fully saturated rings. The van der Waals surface area contributed by atoms with Crippen LogP contribution < -0.4 is 5.32 Å². The molecule has 0 aliphatic carbocycles. The van der Waals surface area contributed by atoms with Gasteiger partial charge in [-0.15, -0.1) is 23.1 Å². The summed E-state index contributed by atoms with van der Waals surface area (Å²) in [6.07, 6.45) is 0.936. The van der Waals surface area contributed by atoms with Gasteiger partial charge in [-0.3, -0.25) is 4.79 Å². The van der Waals surface area contributed by atoms with Gasteiger partial charge in [0.15, 0.2) is 0 Å². The molecule has 0 saturated carbocycles. The topological polar surface area (TPSA) is 29.1 Å². The number of amides is 1. The summed E-state index contributed by atoms with van der Waals surface area (Å²) in [7, 11) is 0. The van der Waals surface area contributed by atoms with E-state index < -0.39 is 0 Å². The predicted octanol–water partition coefficient (Wildman–Crippen LogP) is 4.99. The van der Waals surface area contributed by atoms with Gasteiger partial charge >= 0.3 is 0 Å². The lowest BCUT2D eigenvalue weighted by Crippen LogP contribution is -2.30.